The number of H-pyrrole nitrogens is 1. The van der Waals surface area contributed by atoms with E-state index < -0.39 is 12.0 Å². The molecule has 3 aromatic heterocycles. The summed E-state index contributed by atoms with van der Waals surface area (Å²) >= 11 is 12.4. The van der Waals surface area contributed by atoms with E-state index in [-0.39, 0.29) is 16.4 Å². The van der Waals surface area contributed by atoms with Gasteiger partial charge in [0.05, 0.1) is 50.9 Å². The number of fused-ring (bicyclic) bond motifs is 1. The fourth-order valence-corrected chi connectivity index (χ4v) is 4.13. The molecule has 178 valence electrons. The van der Waals surface area contributed by atoms with Crippen molar-refractivity contribution in [3.8, 4) is 6.07 Å². The van der Waals surface area contributed by atoms with E-state index in [4.69, 9.17) is 23.2 Å². The largest absolute Gasteiger partial charge is 0.373 e. The molecule has 12 heteroatoms. The molecule has 2 aromatic carbocycles. The van der Waals surface area contributed by atoms with Gasteiger partial charge in [-0.3, -0.25) is 4.98 Å². The minimum atomic E-state index is -0.809. The van der Waals surface area contributed by atoms with Crippen molar-refractivity contribution in [2.45, 2.75) is 6.04 Å². The Bertz CT molecular complexity index is 1600. The van der Waals surface area contributed by atoms with Gasteiger partial charge in [-0.05, 0) is 35.9 Å². The van der Waals surface area contributed by atoms with Gasteiger partial charge in [-0.15, -0.1) is 0 Å². The van der Waals surface area contributed by atoms with Crippen LogP contribution in [0.5, 0.6) is 0 Å². The third kappa shape index (κ3) is 4.62. The molecule has 0 spiro atoms. The van der Waals surface area contributed by atoms with Crippen molar-refractivity contribution in [1.29, 1.82) is 5.26 Å². The molecule has 1 unspecified atom stereocenters. The van der Waals surface area contributed by atoms with Gasteiger partial charge in [0.25, 0.3) is 0 Å². The quantitative estimate of drug-likeness (QED) is 0.229. The zero-order valence-corrected chi connectivity index (χ0v) is 19.6. The van der Waals surface area contributed by atoms with Crippen LogP contribution in [-0.4, -0.2) is 25.4 Å². The smallest absolute Gasteiger partial charge is 0.231 e. The second-order valence-electron chi connectivity index (χ2n) is 7.66. The molecular weight excluding hydrogens is 509 g/mol. The lowest BCUT2D eigenvalue weighted by molar-refractivity contribution is 0.584. The van der Waals surface area contributed by atoms with E-state index in [1.54, 1.807) is 30.5 Å². The maximum Gasteiger partial charge on any atom is 0.231 e. The van der Waals surface area contributed by atoms with E-state index in [2.05, 4.69) is 42.1 Å². The third-order valence-corrected chi connectivity index (χ3v) is 5.91. The predicted octanol–water partition coefficient (Wildman–Crippen LogP) is 6.15. The van der Waals surface area contributed by atoms with Crippen molar-refractivity contribution >= 4 is 51.2 Å². The molecule has 0 aliphatic rings. The normalized spacial score (nSPS) is 11.8. The summed E-state index contributed by atoms with van der Waals surface area (Å²) in [5.74, 6) is -1.18. The number of benzene rings is 2. The molecule has 5 aromatic rings. The van der Waals surface area contributed by atoms with Gasteiger partial charge in [0, 0.05) is 17.3 Å². The van der Waals surface area contributed by atoms with E-state index >= 15 is 0 Å². The summed E-state index contributed by atoms with van der Waals surface area (Å²) in [5.41, 5.74) is 3.28. The van der Waals surface area contributed by atoms with Crippen molar-refractivity contribution in [1.82, 2.24) is 25.4 Å². The summed E-state index contributed by atoms with van der Waals surface area (Å²) in [7, 11) is 0. The molecule has 0 fully saturated rings. The number of aromatic nitrogens is 5. The number of aromatic amines is 1. The first-order valence-corrected chi connectivity index (χ1v) is 11.2. The monoisotopic (exact) mass is 522 g/mol. The summed E-state index contributed by atoms with van der Waals surface area (Å²) in [6.07, 6.45) is 4.20. The van der Waals surface area contributed by atoms with Crippen LogP contribution in [0, 0.1) is 23.1 Å². The molecule has 0 radical (unpaired) electrons. The number of hydrogen-bond acceptors (Lipinski definition) is 7. The maximum atomic E-state index is 13.6. The molecule has 0 saturated heterocycles. The van der Waals surface area contributed by atoms with E-state index in [0.29, 0.717) is 38.7 Å². The Morgan fingerprint density at radius 2 is 1.72 bits per heavy atom. The minimum Gasteiger partial charge on any atom is -0.373 e. The van der Waals surface area contributed by atoms with Crippen LogP contribution in [0.3, 0.4) is 0 Å². The highest BCUT2D eigenvalue weighted by Crippen LogP contribution is 2.36. The number of anilines is 3. The van der Waals surface area contributed by atoms with Gasteiger partial charge in [-0.25, -0.2) is 9.37 Å². The Morgan fingerprint density at radius 1 is 0.944 bits per heavy atom. The highest BCUT2D eigenvalue weighted by molar-refractivity contribution is 6.36. The van der Waals surface area contributed by atoms with Crippen LogP contribution in [0.4, 0.5) is 25.8 Å². The van der Waals surface area contributed by atoms with Gasteiger partial charge in [-0.2, -0.15) is 25.1 Å². The van der Waals surface area contributed by atoms with Crippen LogP contribution < -0.4 is 10.6 Å². The van der Waals surface area contributed by atoms with Gasteiger partial charge < -0.3 is 10.6 Å². The molecule has 0 amide bonds. The van der Waals surface area contributed by atoms with Gasteiger partial charge in [0.2, 0.25) is 5.95 Å². The fourth-order valence-electron chi connectivity index (χ4n) is 3.70. The Kier molecular flexibility index (Phi) is 6.33. The average molecular weight is 523 g/mol. The minimum absolute atomic E-state index is 0.174. The molecule has 0 saturated carbocycles. The number of hydrogen-bond donors (Lipinski definition) is 3. The van der Waals surface area contributed by atoms with Crippen molar-refractivity contribution in [2.24, 2.45) is 0 Å². The second-order valence-corrected chi connectivity index (χ2v) is 8.47. The lowest BCUT2D eigenvalue weighted by atomic mass is 10.0. The van der Waals surface area contributed by atoms with Crippen LogP contribution in [0.1, 0.15) is 22.9 Å². The Labute approximate surface area is 212 Å². The number of pyridine rings is 2. The first kappa shape index (κ1) is 23.4. The molecule has 3 heterocycles. The summed E-state index contributed by atoms with van der Waals surface area (Å²) in [6, 6.07) is 12.4. The van der Waals surface area contributed by atoms with Crippen LogP contribution in [0.25, 0.3) is 10.9 Å². The first-order chi connectivity index (χ1) is 17.4. The predicted molar refractivity (Wildman–Crippen MR) is 132 cm³/mol. The molecule has 8 nitrogen and oxygen atoms in total. The molecule has 0 aliphatic carbocycles. The summed E-state index contributed by atoms with van der Waals surface area (Å²) < 4.78 is 27.1. The van der Waals surface area contributed by atoms with Crippen molar-refractivity contribution in [2.75, 3.05) is 10.6 Å². The van der Waals surface area contributed by atoms with E-state index in [1.807, 2.05) is 0 Å². The Balaban J connectivity index is 1.61. The second kappa shape index (κ2) is 9.73. The number of rotatable bonds is 6. The van der Waals surface area contributed by atoms with Crippen LogP contribution in [0.15, 0.2) is 61.1 Å². The highest BCUT2D eigenvalue weighted by Gasteiger charge is 2.19. The number of nitrogens with zero attached hydrogens (tertiary/aromatic N) is 5. The standard InChI is InChI=1S/C24H14Cl2F2N8/c25-18-6-15(33-22(20-11-32-36-35-20)12-1-3-14(27)4-2-12)5-17-21(13(8-29)9-30-23(17)18)34-16-7-19(26)24(28)31-10-16/h1-7,9-11,22,33H,(H,30,34)(H,32,35,36). The first-order valence-electron chi connectivity index (χ1n) is 10.4. The molecule has 0 aliphatic heterocycles. The lowest BCUT2D eigenvalue weighted by Crippen LogP contribution is -2.13. The van der Waals surface area contributed by atoms with Gasteiger partial charge >= 0.3 is 0 Å². The Morgan fingerprint density at radius 3 is 2.42 bits per heavy atom. The third-order valence-electron chi connectivity index (χ3n) is 5.35. The number of nitriles is 1. The van der Waals surface area contributed by atoms with Gasteiger partial charge in [0.15, 0.2) is 0 Å². The zero-order chi connectivity index (χ0) is 25.2. The molecule has 3 N–H and O–H groups in total. The lowest BCUT2D eigenvalue weighted by Gasteiger charge is -2.20. The summed E-state index contributed by atoms with van der Waals surface area (Å²) in [5, 5.41) is 27.4. The van der Waals surface area contributed by atoms with Gasteiger partial charge in [0.1, 0.15) is 17.6 Å². The molecule has 36 heavy (non-hydrogen) atoms. The summed E-state index contributed by atoms with van der Waals surface area (Å²) in [4.78, 5) is 7.94. The average Bonchev–Trinajstić information content (AvgIpc) is 3.40. The molecular formula is C24H14Cl2F2N8. The molecule has 1 atom stereocenters. The van der Waals surface area contributed by atoms with Crippen molar-refractivity contribution in [3.05, 3.63) is 99.7 Å². The van der Waals surface area contributed by atoms with E-state index in [9.17, 15) is 14.0 Å². The SMILES string of the molecule is N#Cc1cnc2c(Cl)cc(NC(c3ccc(F)cc3)c3cn[nH]n3)cc2c1Nc1cnc(F)c(Cl)c1. The fraction of sp³-hybridized carbons (Fsp3) is 0.0417. The summed E-state index contributed by atoms with van der Waals surface area (Å²) in [6.45, 7) is 0. The highest BCUT2D eigenvalue weighted by atomic mass is 35.5. The number of halogens is 4. The molecule has 5 rings (SSSR count). The zero-order valence-electron chi connectivity index (χ0n) is 18.1. The van der Waals surface area contributed by atoms with E-state index in [0.717, 1.165) is 5.56 Å². The maximum absolute atomic E-state index is 13.6. The number of nitrogens with one attached hydrogen (secondary N) is 3. The topological polar surface area (TPSA) is 115 Å². The van der Waals surface area contributed by atoms with Crippen molar-refractivity contribution in [3.63, 3.8) is 0 Å². The van der Waals surface area contributed by atoms with Crippen LogP contribution in [0.2, 0.25) is 10.0 Å². The van der Waals surface area contributed by atoms with E-state index in [1.165, 1.54) is 30.6 Å². The Hall–Kier alpha value is -4.33. The molecule has 0 bridgehead atoms. The van der Waals surface area contributed by atoms with Crippen molar-refractivity contribution < 1.29 is 8.78 Å². The van der Waals surface area contributed by atoms with Gasteiger partial charge in [-0.1, -0.05) is 35.3 Å². The van der Waals surface area contributed by atoms with Crippen LogP contribution >= 0.6 is 23.2 Å². The van der Waals surface area contributed by atoms with Crippen LogP contribution in [-0.2, 0) is 0 Å².